The average molecular weight is 290 g/mol. The second-order valence-corrected chi connectivity index (χ2v) is 5.89. The zero-order chi connectivity index (χ0) is 15.4. The molecule has 3 rings (SSSR count). The molecule has 0 spiro atoms. The number of anilines is 2. The molecule has 0 heterocycles. The zero-order valence-corrected chi connectivity index (χ0v) is 12.9. The first kappa shape index (κ1) is 14.6. The standard InChI is InChI=1S/C20H22N2/c1-16-10-11-18(20(15-21)12-6-3-7-13-20)19(14-16)22-17-8-4-2-5-9-17/h2-12,14,22H,13,15,21H2,1H3. The van der Waals surface area contributed by atoms with Gasteiger partial charge in [-0.25, -0.2) is 0 Å². The third-order valence-corrected chi connectivity index (χ3v) is 4.27. The molecular weight excluding hydrogens is 268 g/mol. The first-order valence-corrected chi connectivity index (χ1v) is 7.71. The van der Waals surface area contributed by atoms with Crippen molar-refractivity contribution in [3.63, 3.8) is 0 Å². The highest BCUT2D eigenvalue weighted by Crippen LogP contribution is 2.37. The van der Waals surface area contributed by atoms with Gasteiger partial charge < -0.3 is 11.1 Å². The van der Waals surface area contributed by atoms with Crippen molar-refractivity contribution in [1.82, 2.24) is 0 Å². The van der Waals surface area contributed by atoms with E-state index in [0.717, 1.165) is 17.8 Å². The van der Waals surface area contributed by atoms with Gasteiger partial charge in [-0.1, -0.05) is 54.6 Å². The Morgan fingerprint density at radius 1 is 1.09 bits per heavy atom. The topological polar surface area (TPSA) is 38.0 Å². The number of nitrogens with one attached hydrogen (secondary N) is 1. The first-order valence-electron chi connectivity index (χ1n) is 7.71. The predicted molar refractivity (Wildman–Crippen MR) is 94.5 cm³/mol. The summed E-state index contributed by atoms with van der Waals surface area (Å²) < 4.78 is 0. The van der Waals surface area contributed by atoms with Crippen molar-refractivity contribution in [3.05, 3.63) is 84.0 Å². The van der Waals surface area contributed by atoms with E-state index in [1.807, 2.05) is 18.2 Å². The van der Waals surface area contributed by atoms with Gasteiger partial charge in [0.15, 0.2) is 0 Å². The minimum Gasteiger partial charge on any atom is -0.355 e. The van der Waals surface area contributed by atoms with Gasteiger partial charge in [0.2, 0.25) is 0 Å². The van der Waals surface area contributed by atoms with Gasteiger partial charge >= 0.3 is 0 Å². The lowest BCUT2D eigenvalue weighted by atomic mass is 9.74. The molecule has 1 atom stereocenters. The van der Waals surface area contributed by atoms with E-state index in [0.29, 0.717) is 6.54 Å². The van der Waals surface area contributed by atoms with Crippen molar-refractivity contribution in [2.75, 3.05) is 11.9 Å². The van der Waals surface area contributed by atoms with Gasteiger partial charge in [-0.15, -0.1) is 0 Å². The van der Waals surface area contributed by atoms with E-state index in [2.05, 4.69) is 66.9 Å². The number of benzene rings is 2. The van der Waals surface area contributed by atoms with Crippen molar-refractivity contribution >= 4 is 11.4 Å². The maximum Gasteiger partial charge on any atom is 0.0428 e. The summed E-state index contributed by atoms with van der Waals surface area (Å²) in [5, 5.41) is 3.56. The summed E-state index contributed by atoms with van der Waals surface area (Å²) in [6, 6.07) is 16.8. The molecule has 0 bridgehead atoms. The largest absolute Gasteiger partial charge is 0.355 e. The van der Waals surface area contributed by atoms with Gasteiger partial charge in [-0.3, -0.25) is 0 Å². The lowest BCUT2D eigenvalue weighted by Crippen LogP contribution is -2.34. The molecule has 0 aromatic heterocycles. The molecule has 2 aromatic carbocycles. The van der Waals surface area contributed by atoms with Crippen molar-refractivity contribution in [3.8, 4) is 0 Å². The van der Waals surface area contributed by atoms with Crippen LogP contribution in [0.1, 0.15) is 17.5 Å². The summed E-state index contributed by atoms with van der Waals surface area (Å²) in [6.45, 7) is 2.71. The Morgan fingerprint density at radius 2 is 1.91 bits per heavy atom. The average Bonchev–Trinajstić information content (AvgIpc) is 2.56. The fourth-order valence-electron chi connectivity index (χ4n) is 3.00. The van der Waals surface area contributed by atoms with Crippen molar-refractivity contribution in [2.24, 2.45) is 5.73 Å². The number of hydrogen-bond acceptors (Lipinski definition) is 2. The van der Waals surface area contributed by atoms with Crippen molar-refractivity contribution in [2.45, 2.75) is 18.8 Å². The molecule has 1 unspecified atom stereocenters. The lowest BCUT2D eigenvalue weighted by molar-refractivity contribution is 0.552. The van der Waals surface area contributed by atoms with Crippen LogP contribution in [0.5, 0.6) is 0 Å². The van der Waals surface area contributed by atoms with Crippen LogP contribution in [0.15, 0.2) is 72.8 Å². The SMILES string of the molecule is Cc1ccc(C2(CN)C=CC=CC2)c(Nc2ccccc2)c1. The second-order valence-electron chi connectivity index (χ2n) is 5.89. The first-order chi connectivity index (χ1) is 10.7. The van der Waals surface area contributed by atoms with E-state index in [1.165, 1.54) is 11.1 Å². The maximum atomic E-state index is 6.16. The molecule has 0 fully saturated rings. The fourth-order valence-corrected chi connectivity index (χ4v) is 3.00. The third-order valence-electron chi connectivity index (χ3n) is 4.27. The maximum absolute atomic E-state index is 6.16. The van der Waals surface area contributed by atoms with E-state index in [4.69, 9.17) is 5.73 Å². The molecule has 1 aliphatic rings. The highest BCUT2D eigenvalue weighted by atomic mass is 14.9. The van der Waals surface area contributed by atoms with Crippen LogP contribution in [0.2, 0.25) is 0 Å². The van der Waals surface area contributed by atoms with Gasteiger partial charge in [0, 0.05) is 23.3 Å². The van der Waals surface area contributed by atoms with Gasteiger partial charge in [0.25, 0.3) is 0 Å². The smallest absolute Gasteiger partial charge is 0.0428 e. The van der Waals surface area contributed by atoms with E-state index < -0.39 is 0 Å². The van der Waals surface area contributed by atoms with Crippen LogP contribution in [0.4, 0.5) is 11.4 Å². The minimum atomic E-state index is -0.125. The van der Waals surface area contributed by atoms with E-state index in [1.54, 1.807) is 0 Å². The summed E-state index contributed by atoms with van der Waals surface area (Å²) >= 11 is 0. The third kappa shape index (κ3) is 2.83. The number of para-hydroxylation sites is 1. The van der Waals surface area contributed by atoms with Gasteiger partial charge in [-0.05, 0) is 42.7 Å². The molecule has 2 nitrogen and oxygen atoms in total. The van der Waals surface area contributed by atoms with E-state index in [9.17, 15) is 0 Å². The van der Waals surface area contributed by atoms with Gasteiger partial charge in [-0.2, -0.15) is 0 Å². The zero-order valence-electron chi connectivity index (χ0n) is 12.9. The highest BCUT2D eigenvalue weighted by molar-refractivity contribution is 5.67. The molecule has 0 aliphatic heterocycles. The Labute approximate surface area is 132 Å². The normalized spacial score (nSPS) is 20.1. The van der Waals surface area contributed by atoms with E-state index >= 15 is 0 Å². The molecule has 0 saturated heterocycles. The number of rotatable bonds is 4. The molecular formula is C20H22N2. The van der Waals surface area contributed by atoms with Gasteiger partial charge in [0.05, 0.1) is 0 Å². The van der Waals surface area contributed by atoms with Crippen LogP contribution in [-0.2, 0) is 5.41 Å². The van der Waals surface area contributed by atoms with Crippen LogP contribution in [-0.4, -0.2) is 6.54 Å². The molecule has 0 radical (unpaired) electrons. The molecule has 0 amide bonds. The summed E-state index contributed by atoms with van der Waals surface area (Å²) in [7, 11) is 0. The monoisotopic (exact) mass is 290 g/mol. The molecule has 3 N–H and O–H groups in total. The van der Waals surface area contributed by atoms with Crippen molar-refractivity contribution in [1.29, 1.82) is 0 Å². The molecule has 1 aliphatic carbocycles. The number of nitrogens with two attached hydrogens (primary N) is 1. The van der Waals surface area contributed by atoms with Crippen molar-refractivity contribution < 1.29 is 0 Å². The van der Waals surface area contributed by atoms with Crippen LogP contribution < -0.4 is 11.1 Å². The Morgan fingerprint density at radius 3 is 2.59 bits per heavy atom. The summed E-state index contributed by atoms with van der Waals surface area (Å²) in [6.07, 6.45) is 9.55. The summed E-state index contributed by atoms with van der Waals surface area (Å²) in [5.41, 5.74) is 10.8. The minimum absolute atomic E-state index is 0.125. The quantitative estimate of drug-likeness (QED) is 0.873. The van der Waals surface area contributed by atoms with E-state index in [-0.39, 0.29) is 5.41 Å². The number of allylic oxidation sites excluding steroid dienone is 3. The summed E-state index contributed by atoms with van der Waals surface area (Å²) in [4.78, 5) is 0. The molecule has 2 aromatic rings. The molecule has 22 heavy (non-hydrogen) atoms. The molecule has 0 saturated carbocycles. The Balaban J connectivity index is 2.04. The van der Waals surface area contributed by atoms with Crippen LogP contribution in [0, 0.1) is 6.92 Å². The molecule has 2 heteroatoms. The van der Waals surface area contributed by atoms with Gasteiger partial charge in [0.1, 0.15) is 0 Å². The Hall–Kier alpha value is -2.32. The lowest BCUT2D eigenvalue weighted by Gasteiger charge is -2.32. The summed E-state index contributed by atoms with van der Waals surface area (Å²) in [5.74, 6) is 0. The fraction of sp³-hybridized carbons (Fsp3) is 0.200. The number of hydrogen-bond donors (Lipinski definition) is 2. The Kier molecular flexibility index (Phi) is 4.12. The predicted octanol–water partition coefficient (Wildman–Crippen LogP) is 4.45. The Bertz CT molecular complexity index is 701. The second kappa shape index (κ2) is 6.20. The van der Waals surface area contributed by atoms with Crippen LogP contribution in [0.3, 0.4) is 0 Å². The van der Waals surface area contributed by atoms with Crippen LogP contribution >= 0.6 is 0 Å². The highest BCUT2D eigenvalue weighted by Gasteiger charge is 2.30. The van der Waals surface area contributed by atoms with Crippen LogP contribution in [0.25, 0.3) is 0 Å². The molecule has 112 valence electrons. The number of aryl methyl sites for hydroxylation is 1.